The third-order valence-corrected chi connectivity index (χ3v) is 3.77. The number of fused-ring (bicyclic) bond motifs is 1. The van der Waals surface area contributed by atoms with Gasteiger partial charge in [0.05, 0.1) is 7.11 Å². The molecule has 6 nitrogen and oxygen atoms in total. The maximum absolute atomic E-state index is 11.7. The lowest BCUT2D eigenvalue weighted by atomic mass is 10.1. The summed E-state index contributed by atoms with van der Waals surface area (Å²) in [5, 5.41) is 10.1. The number of phenolic OH excluding ortho intramolecular Hbond substituents is 1. The Kier molecular flexibility index (Phi) is 3.99. The van der Waals surface area contributed by atoms with E-state index in [-0.39, 0.29) is 11.3 Å². The van der Waals surface area contributed by atoms with Crippen molar-refractivity contribution in [3.63, 3.8) is 0 Å². The minimum atomic E-state index is -0.777. The first-order valence-corrected chi connectivity index (χ1v) is 7.82. The monoisotopic (exact) mass is 344 g/mol. The maximum Gasteiger partial charge on any atom is 0.341 e. The summed E-state index contributed by atoms with van der Waals surface area (Å²) in [6.07, 6.45) is 0. The number of hydrogen-bond donors (Lipinski definition) is 1. The van der Waals surface area contributed by atoms with Gasteiger partial charge in [0.25, 0.3) is 0 Å². The van der Waals surface area contributed by atoms with Crippen molar-refractivity contribution < 1.29 is 28.8 Å². The fourth-order valence-electron chi connectivity index (χ4n) is 2.78. The minimum absolute atomic E-state index is 0.116. The van der Waals surface area contributed by atoms with Gasteiger partial charge in [-0.2, -0.15) is 0 Å². The first-order chi connectivity index (χ1) is 11.7. The zero-order valence-electron chi connectivity index (χ0n) is 14.8. The Morgan fingerprint density at radius 3 is 2.48 bits per heavy atom. The molecule has 2 aromatic carbocycles. The van der Waals surface area contributed by atoms with Gasteiger partial charge >= 0.3 is 5.97 Å². The molecule has 0 amide bonds. The van der Waals surface area contributed by atoms with Crippen molar-refractivity contribution >= 4 is 5.97 Å². The Hall–Kier alpha value is -2.89. The van der Waals surface area contributed by atoms with Gasteiger partial charge in [-0.1, -0.05) is 0 Å². The molecular formula is C19H20O6. The van der Waals surface area contributed by atoms with E-state index in [0.29, 0.717) is 28.6 Å². The molecule has 1 N–H and O–H groups in total. The first kappa shape index (κ1) is 17.0. The topological polar surface area (TPSA) is 74.2 Å². The van der Waals surface area contributed by atoms with Crippen LogP contribution in [-0.4, -0.2) is 24.0 Å². The van der Waals surface area contributed by atoms with E-state index in [2.05, 4.69) is 4.74 Å². The summed E-state index contributed by atoms with van der Waals surface area (Å²) in [7, 11) is 1.26. The van der Waals surface area contributed by atoms with Crippen LogP contribution in [-0.2, 0) is 4.74 Å². The van der Waals surface area contributed by atoms with E-state index in [1.165, 1.54) is 13.2 Å². The fraction of sp³-hybridized carbons (Fsp3) is 0.316. The Bertz CT molecular complexity index is 830. The highest BCUT2D eigenvalue weighted by molar-refractivity contribution is 5.94. The SMILES string of the molecule is COC(=O)c1c(C)cc(Oc2cc(C)cc3c2OC(C)(C)O3)cc1O. The lowest BCUT2D eigenvalue weighted by Gasteiger charge is -2.17. The molecule has 0 bridgehead atoms. The van der Waals surface area contributed by atoms with Gasteiger partial charge in [-0.25, -0.2) is 4.79 Å². The van der Waals surface area contributed by atoms with Gasteiger partial charge in [-0.05, 0) is 43.2 Å². The van der Waals surface area contributed by atoms with Crippen LogP contribution < -0.4 is 14.2 Å². The zero-order chi connectivity index (χ0) is 18.4. The summed E-state index contributed by atoms with van der Waals surface area (Å²) in [6.45, 7) is 7.24. The molecule has 6 heteroatoms. The van der Waals surface area contributed by atoms with Crippen LogP contribution in [0.25, 0.3) is 0 Å². The van der Waals surface area contributed by atoms with Gasteiger partial charge in [0, 0.05) is 19.9 Å². The van der Waals surface area contributed by atoms with Gasteiger partial charge in [0.1, 0.15) is 17.1 Å². The predicted octanol–water partition coefficient (Wildman–Crippen LogP) is 4.10. The van der Waals surface area contributed by atoms with Crippen LogP contribution in [0.5, 0.6) is 28.7 Å². The number of benzene rings is 2. The van der Waals surface area contributed by atoms with Crippen LogP contribution in [0.3, 0.4) is 0 Å². The number of aryl methyl sites for hydroxylation is 2. The molecule has 1 heterocycles. The quantitative estimate of drug-likeness (QED) is 0.845. The van der Waals surface area contributed by atoms with E-state index in [9.17, 15) is 9.90 Å². The third-order valence-electron chi connectivity index (χ3n) is 3.77. The Morgan fingerprint density at radius 1 is 1.12 bits per heavy atom. The molecule has 0 aromatic heterocycles. The molecule has 1 aliphatic rings. The average Bonchev–Trinajstić information content (AvgIpc) is 2.80. The summed E-state index contributed by atoms with van der Waals surface area (Å²) in [6, 6.07) is 6.72. The molecule has 0 saturated carbocycles. The number of ether oxygens (including phenoxy) is 4. The van der Waals surface area contributed by atoms with Crippen LogP contribution in [0, 0.1) is 13.8 Å². The van der Waals surface area contributed by atoms with Crippen LogP contribution in [0.15, 0.2) is 24.3 Å². The molecule has 0 unspecified atom stereocenters. The number of methoxy groups -OCH3 is 1. The molecule has 2 aromatic rings. The number of aromatic hydroxyl groups is 1. The molecule has 0 radical (unpaired) electrons. The lowest BCUT2D eigenvalue weighted by Crippen LogP contribution is -2.29. The molecule has 0 spiro atoms. The van der Waals surface area contributed by atoms with Crippen molar-refractivity contribution in [1.29, 1.82) is 0 Å². The van der Waals surface area contributed by atoms with Crippen molar-refractivity contribution in [2.75, 3.05) is 7.11 Å². The maximum atomic E-state index is 11.7. The summed E-state index contributed by atoms with van der Waals surface area (Å²) >= 11 is 0. The molecule has 0 aliphatic carbocycles. The van der Waals surface area contributed by atoms with E-state index < -0.39 is 11.8 Å². The van der Waals surface area contributed by atoms with Crippen molar-refractivity contribution in [3.05, 3.63) is 41.0 Å². The predicted molar refractivity (Wildman–Crippen MR) is 90.8 cm³/mol. The van der Waals surface area contributed by atoms with Gasteiger partial charge in [0.2, 0.25) is 11.5 Å². The number of carbonyl (C=O) groups is 1. The summed E-state index contributed by atoms with van der Waals surface area (Å²) < 4.78 is 22.1. The summed E-state index contributed by atoms with van der Waals surface area (Å²) in [5.41, 5.74) is 1.61. The van der Waals surface area contributed by atoms with Crippen molar-refractivity contribution in [1.82, 2.24) is 0 Å². The lowest BCUT2D eigenvalue weighted by molar-refractivity contribution is -0.0438. The molecule has 3 rings (SSSR count). The van der Waals surface area contributed by atoms with E-state index >= 15 is 0 Å². The molecule has 0 atom stereocenters. The second-order valence-corrected chi connectivity index (χ2v) is 6.42. The van der Waals surface area contributed by atoms with Crippen molar-refractivity contribution in [2.45, 2.75) is 33.5 Å². The van der Waals surface area contributed by atoms with Gasteiger partial charge in [-0.15, -0.1) is 0 Å². The molecule has 1 aliphatic heterocycles. The Balaban J connectivity index is 1.99. The second-order valence-electron chi connectivity index (χ2n) is 6.42. The summed E-state index contributed by atoms with van der Waals surface area (Å²) in [5.74, 6) is 0.382. The molecule has 25 heavy (non-hydrogen) atoms. The largest absolute Gasteiger partial charge is 0.507 e. The second kappa shape index (κ2) is 5.88. The van der Waals surface area contributed by atoms with Crippen LogP contribution in [0.4, 0.5) is 0 Å². The number of rotatable bonds is 3. The fourth-order valence-corrected chi connectivity index (χ4v) is 2.78. The molecule has 0 fully saturated rings. The van der Waals surface area contributed by atoms with E-state index in [1.54, 1.807) is 13.0 Å². The normalized spacial score (nSPS) is 14.3. The highest BCUT2D eigenvalue weighted by atomic mass is 16.7. The Morgan fingerprint density at radius 2 is 1.84 bits per heavy atom. The standard InChI is InChI=1S/C19H20O6/c1-10-6-14(17-15(7-10)24-19(3,4)25-17)23-12-8-11(2)16(13(20)9-12)18(21)22-5/h6-9,20H,1-5H3. The van der Waals surface area contributed by atoms with Crippen molar-refractivity contribution in [2.24, 2.45) is 0 Å². The number of esters is 1. The first-order valence-electron chi connectivity index (χ1n) is 7.82. The van der Waals surface area contributed by atoms with Crippen LogP contribution in [0.1, 0.15) is 35.3 Å². The molecule has 0 saturated heterocycles. The smallest absolute Gasteiger partial charge is 0.341 e. The molecular weight excluding hydrogens is 324 g/mol. The highest BCUT2D eigenvalue weighted by Gasteiger charge is 2.34. The third kappa shape index (κ3) is 3.20. The van der Waals surface area contributed by atoms with E-state index in [4.69, 9.17) is 14.2 Å². The van der Waals surface area contributed by atoms with Crippen molar-refractivity contribution in [3.8, 4) is 28.7 Å². The summed E-state index contributed by atoms with van der Waals surface area (Å²) in [4.78, 5) is 11.7. The zero-order valence-corrected chi connectivity index (χ0v) is 14.8. The Labute approximate surface area is 145 Å². The van der Waals surface area contributed by atoms with Gasteiger partial charge in [0.15, 0.2) is 11.5 Å². The highest BCUT2D eigenvalue weighted by Crippen LogP contribution is 2.48. The van der Waals surface area contributed by atoms with E-state index in [0.717, 1.165) is 5.56 Å². The van der Waals surface area contributed by atoms with Crippen LogP contribution >= 0.6 is 0 Å². The number of phenols is 1. The number of hydrogen-bond acceptors (Lipinski definition) is 6. The van der Waals surface area contributed by atoms with Gasteiger partial charge < -0.3 is 24.1 Å². The van der Waals surface area contributed by atoms with Crippen LogP contribution in [0.2, 0.25) is 0 Å². The molecule has 132 valence electrons. The average molecular weight is 344 g/mol. The van der Waals surface area contributed by atoms with Gasteiger partial charge in [-0.3, -0.25) is 0 Å². The number of carbonyl (C=O) groups excluding carboxylic acids is 1. The van der Waals surface area contributed by atoms with E-state index in [1.807, 2.05) is 32.9 Å². The minimum Gasteiger partial charge on any atom is -0.507 e.